The quantitative estimate of drug-likeness (QED) is 0.572. The van der Waals surface area contributed by atoms with E-state index in [0.717, 1.165) is 47.7 Å². The number of alkyl carbamates (subject to hydrolysis) is 1. The van der Waals surface area contributed by atoms with Crippen LogP contribution in [0.15, 0.2) is 29.1 Å². The standard InChI is InChI=1S/C25H32ClN5O3/c1-15-16(2)31-21(23(32)27-15)19(13-17-9-6-7-11-20(17)26)22(29-31)30-12-8-10-18(14-30)28-24(33)34-25(3,4)5/h6-7,9,11,18H,8,10,12-14H2,1-5H3,(H,27,32)(H,28,33)/t18-/m1/s1. The summed E-state index contributed by atoms with van der Waals surface area (Å²) in [5.74, 6) is 0.745. The van der Waals surface area contributed by atoms with Gasteiger partial charge in [-0.2, -0.15) is 0 Å². The number of aryl methyl sites for hydroxylation is 2. The number of nitrogens with one attached hydrogen (secondary N) is 2. The zero-order chi connectivity index (χ0) is 24.6. The molecule has 4 rings (SSSR count). The Labute approximate surface area is 204 Å². The van der Waals surface area contributed by atoms with Crippen molar-refractivity contribution in [2.75, 3.05) is 18.0 Å². The number of piperidine rings is 1. The van der Waals surface area contributed by atoms with E-state index in [9.17, 15) is 9.59 Å². The number of nitrogens with zero attached hydrogens (tertiary/aromatic N) is 3. The summed E-state index contributed by atoms with van der Waals surface area (Å²) in [6.07, 6.45) is 1.79. The first-order valence-corrected chi connectivity index (χ1v) is 12.0. The fourth-order valence-corrected chi connectivity index (χ4v) is 4.61. The number of halogens is 1. The summed E-state index contributed by atoms with van der Waals surface area (Å²) in [7, 11) is 0. The Morgan fingerprint density at radius 3 is 2.74 bits per heavy atom. The van der Waals surface area contributed by atoms with Gasteiger partial charge in [-0.3, -0.25) is 4.79 Å². The smallest absolute Gasteiger partial charge is 0.407 e. The fourth-order valence-electron chi connectivity index (χ4n) is 4.40. The third-order valence-corrected chi connectivity index (χ3v) is 6.47. The molecule has 0 unspecified atom stereocenters. The molecule has 1 fully saturated rings. The van der Waals surface area contributed by atoms with E-state index < -0.39 is 11.7 Å². The van der Waals surface area contributed by atoms with Gasteiger partial charge in [0.15, 0.2) is 5.82 Å². The van der Waals surface area contributed by atoms with E-state index in [4.69, 9.17) is 21.4 Å². The number of hydrogen-bond acceptors (Lipinski definition) is 5. The van der Waals surface area contributed by atoms with Gasteiger partial charge in [0.05, 0.1) is 5.69 Å². The van der Waals surface area contributed by atoms with Crippen molar-refractivity contribution < 1.29 is 9.53 Å². The van der Waals surface area contributed by atoms with E-state index in [0.29, 0.717) is 23.5 Å². The Hall–Kier alpha value is -3.00. The van der Waals surface area contributed by atoms with Crippen LogP contribution in [0.5, 0.6) is 0 Å². The van der Waals surface area contributed by atoms with Gasteiger partial charge in [0.2, 0.25) is 0 Å². The maximum Gasteiger partial charge on any atom is 0.407 e. The van der Waals surface area contributed by atoms with Crippen molar-refractivity contribution in [2.24, 2.45) is 0 Å². The Bertz CT molecular complexity index is 1270. The number of fused-ring (bicyclic) bond motifs is 1. The van der Waals surface area contributed by atoms with Crippen molar-refractivity contribution in [3.8, 4) is 0 Å². The molecule has 1 atom stereocenters. The van der Waals surface area contributed by atoms with Crippen molar-refractivity contribution in [1.82, 2.24) is 19.9 Å². The highest BCUT2D eigenvalue weighted by Gasteiger charge is 2.29. The second-order valence-electron chi connectivity index (χ2n) is 9.93. The number of H-pyrrole nitrogens is 1. The maximum absolute atomic E-state index is 13.0. The van der Waals surface area contributed by atoms with Crippen LogP contribution >= 0.6 is 11.6 Å². The number of aromatic amines is 1. The van der Waals surface area contributed by atoms with Crippen LogP contribution < -0.4 is 15.8 Å². The first-order valence-electron chi connectivity index (χ1n) is 11.6. The van der Waals surface area contributed by atoms with E-state index >= 15 is 0 Å². The molecule has 0 spiro atoms. The largest absolute Gasteiger partial charge is 0.444 e. The normalized spacial score (nSPS) is 16.6. The van der Waals surface area contributed by atoms with Gasteiger partial charge in [0.1, 0.15) is 11.1 Å². The monoisotopic (exact) mass is 485 g/mol. The molecule has 3 heterocycles. The summed E-state index contributed by atoms with van der Waals surface area (Å²) in [4.78, 5) is 30.5. The number of hydrogen-bond donors (Lipinski definition) is 2. The zero-order valence-electron chi connectivity index (χ0n) is 20.4. The van der Waals surface area contributed by atoms with Crippen molar-refractivity contribution >= 4 is 29.0 Å². The number of anilines is 1. The van der Waals surface area contributed by atoms with Crippen LogP contribution in [0.1, 0.15) is 56.1 Å². The number of amides is 1. The Kier molecular flexibility index (Phi) is 6.62. The number of carbonyl (C=O) groups excluding carboxylic acids is 1. The molecular formula is C25H32ClN5O3. The predicted molar refractivity (Wildman–Crippen MR) is 134 cm³/mol. The van der Waals surface area contributed by atoms with Gasteiger partial charge in [-0.05, 0) is 59.1 Å². The van der Waals surface area contributed by atoms with Crippen LogP contribution in [0.4, 0.5) is 10.6 Å². The van der Waals surface area contributed by atoms with E-state index in [-0.39, 0.29) is 11.6 Å². The minimum Gasteiger partial charge on any atom is -0.444 e. The molecule has 2 aromatic heterocycles. The van der Waals surface area contributed by atoms with Crippen LogP contribution in [0, 0.1) is 13.8 Å². The lowest BCUT2D eigenvalue weighted by molar-refractivity contribution is 0.0500. The molecule has 1 aromatic carbocycles. The number of rotatable bonds is 4. The summed E-state index contributed by atoms with van der Waals surface area (Å²) in [6, 6.07) is 7.56. The van der Waals surface area contributed by atoms with Crippen LogP contribution in [0.3, 0.4) is 0 Å². The number of benzene rings is 1. The van der Waals surface area contributed by atoms with E-state index in [2.05, 4.69) is 15.2 Å². The van der Waals surface area contributed by atoms with Gasteiger partial charge in [0, 0.05) is 41.8 Å². The SMILES string of the molecule is Cc1[nH]c(=O)c2c(Cc3ccccc3Cl)c(N3CCC[C@@H](NC(=O)OC(C)(C)C)C3)nn2c1C. The molecule has 1 amide bonds. The van der Waals surface area contributed by atoms with Crippen LogP contribution in [-0.2, 0) is 11.2 Å². The summed E-state index contributed by atoms with van der Waals surface area (Å²) < 4.78 is 7.18. The second kappa shape index (κ2) is 9.33. The molecule has 182 valence electrons. The fraction of sp³-hybridized carbons (Fsp3) is 0.480. The molecule has 0 radical (unpaired) electrons. The summed E-state index contributed by atoms with van der Waals surface area (Å²) in [5, 5.41) is 8.53. The van der Waals surface area contributed by atoms with Crippen LogP contribution in [-0.4, -0.2) is 45.4 Å². The first-order chi connectivity index (χ1) is 16.0. The number of aromatic nitrogens is 3. The van der Waals surface area contributed by atoms with Gasteiger partial charge in [-0.1, -0.05) is 29.8 Å². The van der Waals surface area contributed by atoms with Crippen molar-refractivity contribution in [3.05, 3.63) is 62.2 Å². The molecule has 34 heavy (non-hydrogen) atoms. The van der Waals surface area contributed by atoms with E-state index in [1.165, 1.54) is 0 Å². The molecule has 0 saturated carbocycles. The average molecular weight is 486 g/mol. The molecule has 0 bridgehead atoms. The highest BCUT2D eigenvalue weighted by Crippen LogP contribution is 2.30. The lowest BCUT2D eigenvalue weighted by Crippen LogP contribution is -2.49. The highest BCUT2D eigenvalue weighted by molar-refractivity contribution is 6.31. The third-order valence-electron chi connectivity index (χ3n) is 6.11. The molecular weight excluding hydrogens is 454 g/mol. The van der Waals surface area contributed by atoms with Crippen LogP contribution in [0.25, 0.3) is 5.52 Å². The van der Waals surface area contributed by atoms with E-state index in [1.807, 2.05) is 58.9 Å². The molecule has 8 nitrogen and oxygen atoms in total. The lowest BCUT2D eigenvalue weighted by atomic mass is 10.0. The Morgan fingerprint density at radius 1 is 1.29 bits per heavy atom. The number of carbonyl (C=O) groups is 1. The van der Waals surface area contributed by atoms with Crippen molar-refractivity contribution in [1.29, 1.82) is 0 Å². The molecule has 1 aliphatic heterocycles. The Balaban J connectivity index is 1.72. The molecule has 0 aliphatic carbocycles. The molecule has 1 saturated heterocycles. The minimum absolute atomic E-state index is 0.0808. The van der Waals surface area contributed by atoms with Crippen LogP contribution in [0.2, 0.25) is 5.02 Å². The molecule has 3 aromatic rings. The first kappa shape index (κ1) is 24.1. The van der Waals surface area contributed by atoms with Crippen molar-refractivity contribution in [2.45, 2.75) is 65.5 Å². The zero-order valence-corrected chi connectivity index (χ0v) is 21.1. The average Bonchev–Trinajstić information content (AvgIpc) is 3.12. The molecule has 9 heteroatoms. The molecule has 1 aliphatic rings. The van der Waals surface area contributed by atoms with Gasteiger partial charge >= 0.3 is 6.09 Å². The summed E-state index contributed by atoms with van der Waals surface area (Å²) in [6.45, 7) is 10.7. The summed E-state index contributed by atoms with van der Waals surface area (Å²) in [5.41, 5.74) is 3.21. The van der Waals surface area contributed by atoms with E-state index in [1.54, 1.807) is 4.52 Å². The predicted octanol–water partition coefficient (Wildman–Crippen LogP) is 4.38. The second-order valence-corrected chi connectivity index (χ2v) is 10.3. The summed E-state index contributed by atoms with van der Waals surface area (Å²) >= 11 is 6.47. The number of ether oxygens (including phenoxy) is 1. The topological polar surface area (TPSA) is 91.7 Å². The minimum atomic E-state index is -0.557. The Morgan fingerprint density at radius 2 is 2.03 bits per heavy atom. The maximum atomic E-state index is 13.0. The molecule has 2 N–H and O–H groups in total. The van der Waals surface area contributed by atoms with Crippen molar-refractivity contribution in [3.63, 3.8) is 0 Å². The van der Waals surface area contributed by atoms with Gasteiger partial charge in [0.25, 0.3) is 5.56 Å². The lowest BCUT2D eigenvalue weighted by Gasteiger charge is -2.34. The van der Waals surface area contributed by atoms with Gasteiger partial charge in [-0.25, -0.2) is 9.31 Å². The van der Waals surface area contributed by atoms with Gasteiger partial charge < -0.3 is 19.9 Å². The third kappa shape index (κ3) is 5.06. The van der Waals surface area contributed by atoms with Gasteiger partial charge in [-0.15, -0.1) is 5.10 Å². The highest BCUT2D eigenvalue weighted by atomic mass is 35.5.